The second kappa shape index (κ2) is 6.36. The standard InChI is InChI=1S/C15H24N4O.ClH/c1-10(2)19(12-4-5-12)15(20)14-8-16-7-13(14)11-6-17-18(3)9-11;/h6,9-10,12-14,16H,4-5,7-8H2,1-3H3;1H/t13-,14+;/m1./s1. The topological polar surface area (TPSA) is 50.2 Å². The lowest BCUT2D eigenvalue weighted by Crippen LogP contribution is -2.44. The van der Waals surface area contributed by atoms with Crippen molar-refractivity contribution in [1.82, 2.24) is 20.0 Å². The zero-order valence-corrected chi connectivity index (χ0v) is 13.8. The first kappa shape index (κ1) is 16.3. The smallest absolute Gasteiger partial charge is 0.228 e. The van der Waals surface area contributed by atoms with Gasteiger partial charge in [-0.3, -0.25) is 9.48 Å². The highest BCUT2D eigenvalue weighted by Crippen LogP contribution is 2.35. The van der Waals surface area contributed by atoms with Crippen LogP contribution in [0.4, 0.5) is 0 Å². The van der Waals surface area contributed by atoms with Crippen LogP contribution in [-0.2, 0) is 11.8 Å². The molecule has 2 atom stereocenters. The highest BCUT2D eigenvalue weighted by atomic mass is 35.5. The summed E-state index contributed by atoms with van der Waals surface area (Å²) in [6, 6.07) is 0.780. The van der Waals surface area contributed by atoms with Gasteiger partial charge < -0.3 is 10.2 Å². The molecule has 0 spiro atoms. The van der Waals surface area contributed by atoms with Gasteiger partial charge in [0.1, 0.15) is 0 Å². The third kappa shape index (κ3) is 3.24. The molecule has 2 aliphatic rings. The Labute approximate surface area is 132 Å². The van der Waals surface area contributed by atoms with E-state index in [-0.39, 0.29) is 24.2 Å². The summed E-state index contributed by atoms with van der Waals surface area (Å²) in [6.07, 6.45) is 6.27. The third-order valence-corrected chi connectivity index (χ3v) is 4.44. The Bertz CT molecular complexity index is 496. The third-order valence-electron chi connectivity index (χ3n) is 4.44. The Morgan fingerprint density at radius 1 is 1.43 bits per heavy atom. The number of nitrogens with one attached hydrogen (secondary N) is 1. The molecule has 6 heteroatoms. The number of amides is 1. The van der Waals surface area contributed by atoms with Crippen LogP contribution < -0.4 is 5.32 Å². The summed E-state index contributed by atoms with van der Waals surface area (Å²) in [5.74, 6) is 0.639. The lowest BCUT2D eigenvalue weighted by molar-refractivity contribution is -0.137. The highest BCUT2D eigenvalue weighted by molar-refractivity contribution is 5.85. The number of aryl methyl sites for hydroxylation is 1. The van der Waals surface area contributed by atoms with E-state index in [2.05, 4.69) is 29.2 Å². The molecule has 0 aromatic carbocycles. The van der Waals surface area contributed by atoms with Crippen LogP contribution in [0, 0.1) is 5.92 Å². The van der Waals surface area contributed by atoms with Gasteiger partial charge in [0.2, 0.25) is 5.91 Å². The molecule has 0 unspecified atom stereocenters. The Balaban J connectivity index is 0.00000161. The van der Waals surface area contributed by atoms with Crippen LogP contribution in [0.5, 0.6) is 0 Å². The largest absolute Gasteiger partial charge is 0.337 e. The van der Waals surface area contributed by atoms with E-state index >= 15 is 0 Å². The van der Waals surface area contributed by atoms with E-state index in [1.807, 2.05) is 24.1 Å². The fourth-order valence-corrected chi connectivity index (χ4v) is 3.32. The number of hydrogen-bond acceptors (Lipinski definition) is 3. The molecule has 3 rings (SSSR count). The summed E-state index contributed by atoms with van der Waals surface area (Å²) in [5, 5.41) is 7.63. The number of hydrogen-bond donors (Lipinski definition) is 1. The molecule has 118 valence electrons. The first-order valence-corrected chi connectivity index (χ1v) is 7.59. The van der Waals surface area contributed by atoms with Crippen LogP contribution in [-0.4, -0.2) is 45.8 Å². The van der Waals surface area contributed by atoms with Crippen molar-refractivity contribution in [2.24, 2.45) is 13.0 Å². The van der Waals surface area contributed by atoms with Gasteiger partial charge in [0.15, 0.2) is 0 Å². The van der Waals surface area contributed by atoms with E-state index in [1.165, 1.54) is 18.4 Å². The van der Waals surface area contributed by atoms with Gasteiger partial charge >= 0.3 is 0 Å². The molecule has 1 N–H and O–H groups in total. The van der Waals surface area contributed by atoms with Crippen molar-refractivity contribution in [2.45, 2.75) is 44.7 Å². The van der Waals surface area contributed by atoms with Crippen LogP contribution in [0.15, 0.2) is 12.4 Å². The number of carbonyl (C=O) groups excluding carboxylic acids is 1. The van der Waals surface area contributed by atoms with E-state index in [1.54, 1.807) is 0 Å². The lowest BCUT2D eigenvalue weighted by Gasteiger charge is -2.31. The van der Waals surface area contributed by atoms with Gasteiger partial charge in [-0.15, -0.1) is 12.4 Å². The predicted octanol–water partition coefficient (Wildman–Crippen LogP) is 1.54. The first-order chi connectivity index (χ1) is 9.58. The molecule has 2 heterocycles. The van der Waals surface area contributed by atoms with Crippen molar-refractivity contribution in [2.75, 3.05) is 13.1 Å². The number of nitrogens with zero attached hydrogens (tertiary/aromatic N) is 3. The molecule has 1 amide bonds. The van der Waals surface area contributed by atoms with Crippen LogP contribution in [0.1, 0.15) is 38.2 Å². The van der Waals surface area contributed by atoms with E-state index in [4.69, 9.17) is 0 Å². The van der Waals surface area contributed by atoms with Crippen molar-refractivity contribution >= 4 is 18.3 Å². The molecular formula is C15H25ClN4O. The molecule has 21 heavy (non-hydrogen) atoms. The van der Waals surface area contributed by atoms with Crippen molar-refractivity contribution < 1.29 is 4.79 Å². The van der Waals surface area contributed by atoms with Crippen LogP contribution in [0.3, 0.4) is 0 Å². The Morgan fingerprint density at radius 2 is 2.14 bits per heavy atom. The minimum absolute atomic E-state index is 0. The molecule has 5 nitrogen and oxygen atoms in total. The molecule has 0 bridgehead atoms. The molecular weight excluding hydrogens is 288 g/mol. The minimum atomic E-state index is 0. The van der Waals surface area contributed by atoms with Gasteiger partial charge in [0.25, 0.3) is 0 Å². The van der Waals surface area contributed by atoms with Gasteiger partial charge in [-0.1, -0.05) is 0 Å². The fraction of sp³-hybridized carbons (Fsp3) is 0.733. The summed E-state index contributed by atoms with van der Waals surface area (Å²) in [7, 11) is 1.92. The van der Waals surface area contributed by atoms with Gasteiger partial charge in [-0.05, 0) is 32.3 Å². The molecule has 1 aromatic rings. The fourth-order valence-electron chi connectivity index (χ4n) is 3.32. The van der Waals surface area contributed by atoms with E-state index in [0.717, 1.165) is 13.1 Å². The summed E-state index contributed by atoms with van der Waals surface area (Å²) < 4.78 is 1.82. The molecule has 1 saturated carbocycles. The van der Waals surface area contributed by atoms with Crippen molar-refractivity contribution in [3.05, 3.63) is 18.0 Å². The highest BCUT2D eigenvalue weighted by Gasteiger charge is 2.42. The molecule has 2 fully saturated rings. The van der Waals surface area contributed by atoms with Crippen molar-refractivity contribution in [1.29, 1.82) is 0 Å². The number of aromatic nitrogens is 2. The number of halogens is 1. The predicted molar refractivity (Wildman–Crippen MR) is 84.6 cm³/mol. The van der Waals surface area contributed by atoms with Crippen molar-refractivity contribution in [3.8, 4) is 0 Å². The molecule has 1 aliphatic heterocycles. The maximum atomic E-state index is 12.9. The van der Waals surface area contributed by atoms with Gasteiger partial charge in [-0.25, -0.2) is 0 Å². The van der Waals surface area contributed by atoms with Gasteiger partial charge in [0, 0.05) is 44.3 Å². The molecule has 1 saturated heterocycles. The van der Waals surface area contributed by atoms with Gasteiger partial charge in [-0.2, -0.15) is 5.10 Å². The van der Waals surface area contributed by atoms with E-state index in [0.29, 0.717) is 18.0 Å². The second-order valence-electron chi connectivity index (χ2n) is 6.39. The number of carbonyl (C=O) groups is 1. The Kier molecular flexibility index (Phi) is 4.94. The van der Waals surface area contributed by atoms with Gasteiger partial charge in [0.05, 0.1) is 12.1 Å². The van der Waals surface area contributed by atoms with Crippen LogP contribution in [0.25, 0.3) is 0 Å². The Morgan fingerprint density at radius 3 is 2.67 bits per heavy atom. The Hall–Kier alpha value is -1.07. The van der Waals surface area contributed by atoms with Crippen LogP contribution in [0.2, 0.25) is 0 Å². The summed E-state index contributed by atoms with van der Waals surface area (Å²) in [4.78, 5) is 15.0. The summed E-state index contributed by atoms with van der Waals surface area (Å²) in [6.45, 7) is 5.91. The molecule has 1 aromatic heterocycles. The quantitative estimate of drug-likeness (QED) is 0.917. The summed E-state index contributed by atoms with van der Waals surface area (Å²) >= 11 is 0. The average molecular weight is 313 g/mol. The second-order valence-corrected chi connectivity index (χ2v) is 6.39. The normalized spacial score (nSPS) is 25.0. The van der Waals surface area contributed by atoms with Crippen LogP contribution >= 0.6 is 12.4 Å². The van der Waals surface area contributed by atoms with E-state index in [9.17, 15) is 4.79 Å². The maximum Gasteiger partial charge on any atom is 0.228 e. The first-order valence-electron chi connectivity index (χ1n) is 7.59. The average Bonchev–Trinajstić information content (AvgIpc) is 2.93. The molecule has 1 aliphatic carbocycles. The lowest BCUT2D eigenvalue weighted by atomic mass is 9.89. The summed E-state index contributed by atoms with van der Waals surface area (Å²) in [5.41, 5.74) is 1.18. The minimum Gasteiger partial charge on any atom is -0.337 e. The van der Waals surface area contributed by atoms with E-state index < -0.39 is 0 Å². The van der Waals surface area contributed by atoms with Crippen molar-refractivity contribution in [3.63, 3.8) is 0 Å². The zero-order valence-electron chi connectivity index (χ0n) is 13.0. The molecule has 0 radical (unpaired) electrons. The monoisotopic (exact) mass is 312 g/mol. The SMILES string of the molecule is CC(C)N(C(=O)[C@H]1CNC[C@@H]1c1cnn(C)c1)C1CC1.Cl. The zero-order chi connectivity index (χ0) is 14.3. The number of rotatable bonds is 4. The maximum absolute atomic E-state index is 12.9.